The van der Waals surface area contributed by atoms with Gasteiger partial charge in [-0.25, -0.2) is 4.79 Å². The largest absolute Gasteiger partial charge is 0.322 e. The molecule has 0 aliphatic carbocycles. The second kappa shape index (κ2) is 8.36. The number of halogens is 1. The Morgan fingerprint density at radius 3 is 2.61 bits per heavy atom. The Bertz CT molecular complexity index is 1200. The van der Waals surface area contributed by atoms with Gasteiger partial charge in [0.1, 0.15) is 0 Å². The van der Waals surface area contributed by atoms with E-state index in [2.05, 4.69) is 34.5 Å². The zero-order valence-corrected chi connectivity index (χ0v) is 18.1. The van der Waals surface area contributed by atoms with E-state index in [1.807, 2.05) is 16.7 Å². The Morgan fingerprint density at radius 1 is 1.00 bits per heavy atom. The van der Waals surface area contributed by atoms with Crippen molar-refractivity contribution in [1.82, 2.24) is 14.4 Å². The van der Waals surface area contributed by atoms with Crippen LogP contribution in [-0.2, 0) is 19.5 Å². The Labute approximate surface area is 186 Å². The third-order valence-electron chi connectivity index (χ3n) is 6.23. The molecule has 0 unspecified atom stereocenters. The highest BCUT2D eigenvalue weighted by atomic mass is 35.5. The summed E-state index contributed by atoms with van der Waals surface area (Å²) in [7, 11) is 0. The number of aromatic nitrogens is 1. The molecule has 2 aromatic carbocycles. The minimum atomic E-state index is -0.121. The molecule has 1 aromatic heterocycles. The van der Waals surface area contributed by atoms with Crippen molar-refractivity contribution in [2.75, 3.05) is 31.5 Å². The number of hydrogen-bond acceptors (Lipinski definition) is 3. The van der Waals surface area contributed by atoms with Gasteiger partial charge in [-0.05, 0) is 48.1 Å². The summed E-state index contributed by atoms with van der Waals surface area (Å²) in [5, 5.41) is 4.64. The maximum Gasteiger partial charge on any atom is 0.321 e. The molecular weight excluding hydrogens is 412 g/mol. The number of aryl methyl sites for hydroxylation is 2. The zero-order valence-electron chi connectivity index (χ0n) is 17.3. The average Bonchev–Trinajstić information content (AvgIpc) is 2.78. The van der Waals surface area contributed by atoms with E-state index in [1.54, 1.807) is 17.0 Å². The highest BCUT2D eigenvalue weighted by Crippen LogP contribution is 2.24. The third-order valence-corrected chi connectivity index (χ3v) is 6.46. The van der Waals surface area contributed by atoms with Crippen molar-refractivity contribution in [2.45, 2.75) is 25.9 Å². The minimum absolute atomic E-state index is 0.121. The van der Waals surface area contributed by atoms with Crippen LogP contribution in [0.5, 0.6) is 0 Å². The van der Waals surface area contributed by atoms with Gasteiger partial charge in [-0.1, -0.05) is 35.9 Å². The molecule has 3 heterocycles. The number of rotatable bonds is 3. The molecule has 2 aliphatic rings. The second-order valence-corrected chi connectivity index (χ2v) is 8.73. The van der Waals surface area contributed by atoms with Crippen LogP contribution in [0.25, 0.3) is 10.9 Å². The zero-order chi connectivity index (χ0) is 21.4. The van der Waals surface area contributed by atoms with Crippen molar-refractivity contribution in [3.63, 3.8) is 0 Å². The highest BCUT2D eigenvalue weighted by Gasteiger charge is 2.23. The Balaban J connectivity index is 1.26. The lowest BCUT2D eigenvalue weighted by Crippen LogP contribution is -2.50. The van der Waals surface area contributed by atoms with Gasteiger partial charge in [-0.2, -0.15) is 0 Å². The van der Waals surface area contributed by atoms with Crippen LogP contribution in [0.15, 0.2) is 53.3 Å². The lowest BCUT2D eigenvalue weighted by molar-refractivity contribution is 0.142. The fourth-order valence-electron chi connectivity index (χ4n) is 4.66. The van der Waals surface area contributed by atoms with Crippen LogP contribution < -0.4 is 10.9 Å². The third kappa shape index (κ3) is 4.05. The van der Waals surface area contributed by atoms with Crippen molar-refractivity contribution in [1.29, 1.82) is 0 Å². The molecule has 0 bridgehead atoms. The Kier molecular flexibility index (Phi) is 5.42. The normalized spacial score (nSPS) is 16.5. The van der Waals surface area contributed by atoms with Gasteiger partial charge in [0, 0.05) is 55.5 Å². The number of piperazine rings is 1. The molecule has 1 fully saturated rings. The van der Waals surface area contributed by atoms with Gasteiger partial charge in [0.05, 0.1) is 5.52 Å². The first-order valence-corrected chi connectivity index (χ1v) is 11.1. The molecule has 0 saturated carbocycles. The van der Waals surface area contributed by atoms with Crippen molar-refractivity contribution in [3.05, 3.63) is 75.0 Å². The van der Waals surface area contributed by atoms with Crippen molar-refractivity contribution in [3.8, 4) is 0 Å². The topological polar surface area (TPSA) is 57.6 Å². The van der Waals surface area contributed by atoms with Gasteiger partial charge in [0.15, 0.2) is 0 Å². The van der Waals surface area contributed by atoms with Crippen molar-refractivity contribution < 1.29 is 4.79 Å². The summed E-state index contributed by atoms with van der Waals surface area (Å²) in [5.74, 6) is 0. The number of nitrogens with one attached hydrogen (secondary N) is 1. The molecule has 5 rings (SSSR count). The number of urea groups is 1. The summed E-state index contributed by atoms with van der Waals surface area (Å²) in [4.78, 5) is 29.8. The molecule has 6 nitrogen and oxygen atoms in total. The predicted molar refractivity (Wildman–Crippen MR) is 124 cm³/mol. The van der Waals surface area contributed by atoms with Gasteiger partial charge < -0.3 is 14.8 Å². The highest BCUT2D eigenvalue weighted by molar-refractivity contribution is 6.30. The molecule has 0 atom stereocenters. The SMILES string of the molecule is O=C(Nc1cccc(Cl)c1)N1CCN(Cc2cc3cccc4c3n(c2=O)CCC4)CC1. The molecule has 2 amide bonds. The van der Waals surface area contributed by atoms with Crippen molar-refractivity contribution in [2.24, 2.45) is 0 Å². The van der Waals surface area contributed by atoms with E-state index in [1.165, 1.54) is 5.56 Å². The monoisotopic (exact) mass is 436 g/mol. The molecule has 2 aliphatic heterocycles. The van der Waals surface area contributed by atoms with E-state index in [-0.39, 0.29) is 11.6 Å². The molecule has 3 aromatic rings. The first-order chi connectivity index (χ1) is 15.1. The van der Waals surface area contributed by atoms with Crippen LogP contribution in [0.1, 0.15) is 17.5 Å². The van der Waals surface area contributed by atoms with Gasteiger partial charge in [-0.3, -0.25) is 9.69 Å². The Morgan fingerprint density at radius 2 is 1.81 bits per heavy atom. The lowest BCUT2D eigenvalue weighted by atomic mass is 10.00. The number of amides is 2. The van der Waals surface area contributed by atoms with E-state index in [0.29, 0.717) is 30.3 Å². The maximum atomic E-state index is 13.1. The summed E-state index contributed by atoms with van der Waals surface area (Å²) < 4.78 is 1.96. The minimum Gasteiger partial charge on any atom is -0.322 e. The molecule has 0 radical (unpaired) electrons. The quantitative estimate of drug-likeness (QED) is 0.676. The fourth-order valence-corrected chi connectivity index (χ4v) is 4.85. The average molecular weight is 437 g/mol. The predicted octanol–water partition coefficient (Wildman–Crippen LogP) is 3.95. The molecule has 31 heavy (non-hydrogen) atoms. The fraction of sp³-hybridized carbons (Fsp3) is 0.333. The van der Waals surface area contributed by atoms with E-state index in [9.17, 15) is 9.59 Å². The van der Waals surface area contributed by atoms with Gasteiger partial charge in [0.25, 0.3) is 5.56 Å². The number of anilines is 1. The van der Waals surface area contributed by atoms with Crippen LogP contribution >= 0.6 is 11.6 Å². The summed E-state index contributed by atoms with van der Waals surface area (Å²) in [6.07, 6.45) is 2.05. The van der Waals surface area contributed by atoms with Crippen LogP contribution in [0, 0.1) is 0 Å². The smallest absolute Gasteiger partial charge is 0.321 e. The maximum absolute atomic E-state index is 13.1. The van der Waals surface area contributed by atoms with Crippen molar-refractivity contribution >= 4 is 34.2 Å². The Hall–Kier alpha value is -2.83. The van der Waals surface area contributed by atoms with E-state index in [0.717, 1.165) is 48.9 Å². The van der Waals surface area contributed by atoms with Crippen LogP contribution in [0.4, 0.5) is 10.5 Å². The van der Waals surface area contributed by atoms with Gasteiger partial charge in [0.2, 0.25) is 0 Å². The summed E-state index contributed by atoms with van der Waals surface area (Å²) in [6.45, 7) is 4.12. The molecule has 160 valence electrons. The molecular formula is C24H25ClN4O2. The van der Waals surface area contributed by atoms with E-state index in [4.69, 9.17) is 11.6 Å². The van der Waals surface area contributed by atoms with Crippen LogP contribution in [0.3, 0.4) is 0 Å². The molecule has 0 spiro atoms. The van der Waals surface area contributed by atoms with Gasteiger partial charge >= 0.3 is 6.03 Å². The lowest BCUT2D eigenvalue weighted by Gasteiger charge is -2.34. The number of nitrogens with zero attached hydrogens (tertiary/aromatic N) is 3. The number of carbonyl (C=O) groups excluding carboxylic acids is 1. The first kappa shape index (κ1) is 20.1. The number of pyridine rings is 1. The van der Waals surface area contributed by atoms with Crippen LogP contribution in [-0.4, -0.2) is 46.6 Å². The summed E-state index contributed by atoms with van der Waals surface area (Å²) in [6, 6.07) is 15.4. The molecule has 1 saturated heterocycles. The van der Waals surface area contributed by atoms with Crippen LogP contribution in [0.2, 0.25) is 5.02 Å². The number of hydrogen-bond donors (Lipinski definition) is 1. The first-order valence-electron chi connectivity index (χ1n) is 10.8. The number of carbonyl (C=O) groups is 1. The van der Waals surface area contributed by atoms with Gasteiger partial charge in [-0.15, -0.1) is 0 Å². The standard InChI is InChI=1S/C24H25ClN4O2/c25-20-7-2-8-21(15-20)26-24(31)28-12-10-27(11-13-28)16-19-14-18-5-1-4-17-6-3-9-29(22(17)18)23(19)30/h1-2,4-5,7-8,14-15H,3,6,9-13,16H2,(H,26,31). The van der Waals surface area contributed by atoms with E-state index >= 15 is 0 Å². The van der Waals surface area contributed by atoms with E-state index < -0.39 is 0 Å². The number of benzene rings is 2. The second-order valence-electron chi connectivity index (χ2n) is 8.29. The summed E-state index contributed by atoms with van der Waals surface area (Å²) >= 11 is 5.99. The molecule has 1 N–H and O–H groups in total. The summed E-state index contributed by atoms with van der Waals surface area (Å²) in [5.41, 5.74) is 4.03. The number of para-hydroxylation sites is 1. The molecule has 7 heteroatoms.